The van der Waals surface area contributed by atoms with Gasteiger partial charge in [-0.15, -0.1) is 0 Å². The van der Waals surface area contributed by atoms with Gasteiger partial charge in [0, 0.05) is 17.0 Å². The third-order valence-electron chi connectivity index (χ3n) is 3.21. The van der Waals surface area contributed by atoms with Gasteiger partial charge < -0.3 is 4.57 Å². The zero-order valence-electron chi connectivity index (χ0n) is 13.5. The Morgan fingerprint density at radius 3 is 2.65 bits per heavy atom. The molecule has 0 bridgehead atoms. The molecule has 1 aromatic heterocycles. The minimum absolute atomic E-state index is 0.172. The first-order valence-corrected chi connectivity index (χ1v) is 10.2. The smallest absolute Gasteiger partial charge is 0.209 e. The third-order valence-corrected chi connectivity index (χ3v) is 5.28. The van der Waals surface area contributed by atoms with Crippen LogP contribution in [0.4, 0.5) is 0 Å². The van der Waals surface area contributed by atoms with E-state index in [0.29, 0.717) is 10.8 Å². The van der Waals surface area contributed by atoms with Gasteiger partial charge in [0.2, 0.25) is 10.0 Å². The van der Waals surface area contributed by atoms with Crippen LogP contribution in [0.5, 0.6) is 0 Å². The molecule has 0 amide bonds. The Hall–Kier alpha value is -1.02. The Morgan fingerprint density at radius 1 is 1.39 bits per heavy atom. The highest BCUT2D eigenvalue weighted by atomic mass is 35.5. The van der Waals surface area contributed by atoms with Crippen LogP contribution in [0.2, 0.25) is 5.02 Å². The largest absolute Gasteiger partial charge is 0.325 e. The van der Waals surface area contributed by atoms with Crippen molar-refractivity contribution in [2.24, 2.45) is 7.05 Å². The van der Waals surface area contributed by atoms with Crippen LogP contribution in [0.3, 0.4) is 0 Å². The van der Waals surface area contributed by atoms with Gasteiger partial charge in [-0.3, -0.25) is 0 Å². The fraction of sp³-hybridized carbons (Fsp3) is 0.400. The van der Waals surface area contributed by atoms with E-state index >= 15 is 0 Å². The predicted octanol–water partition coefficient (Wildman–Crippen LogP) is 3.40. The highest BCUT2D eigenvalue weighted by molar-refractivity contribution is 7.99. The molecule has 23 heavy (non-hydrogen) atoms. The van der Waals surface area contributed by atoms with E-state index in [1.54, 1.807) is 11.8 Å². The number of rotatable bonds is 6. The van der Waals surface area contributed by atoms with E-state index in [0.717, 1.165) is 21.9 Å². The molecule has 0 atom stereocenters. The predicted molar refractivity (Wildman–Crippen MR) is 94.6 cm³/mol. The van der Waals surface area contributed by atoms with Crippen molar-refractivity contribution in [1.82, 2.24) is 14.3 Å². The molecule has 0 saturated heterocycles. The molecule has 0 fully saturated rings. The van der Waals surface area contributed by atoms with Gasteiger partial charge in [0.25, 0.3) is 0 Å². The summed E-state index contributed by atoms with van der Waals surface area (Å²) < 4.78 is 27.0. The summed E-state index contributed by atoms with van der Waals surface area (Å²) in [7, 11) is -1.36. The number of nitrogens with one attached hydrogen (secondary N) is 1. The van der Waals surface area contributed by atoms with Crippen molar-refractivity contribution in [1.29, 1.82) is 0 Å². The highest BCUT2D eigenvalue weighted by Gasteiger charge is 2.19. The fourth-order valence-electron chi connectivity index (χ4n) is 2.04. The minimum atomic E-state index is -3.26. The van der Waals surface area contributed by atoms with Crippen molar-refractivity contribution >= 4 is 33.4 Å². The van der Waals surface area contributed by atoms with Crippen molar-refractivity contribution < 1.29 is 8.42 Å². The van der Waals surface area contributed by atoms with E-state index in [2.05, 4.69) is 23.6 Å². The molecule has 0 aliphatic heterocycles. The lowest BCUT2D eigenvalue weighted by Gasteiger charge is -2.09. The molecule has 126 valence electrons. The summed E-state index contributed by atoms with van der Waals surface area (Å²) in [6.07, 6.45) is 1.14. The first-order chi connectivity index (χ1) is 10.7. The summed E-state index contributed by atoms with van der Waals surface area (Å²) in [6, 6.07) is 7.63. The van der Waals surface area contributed by atoms with Crippen LogP contribution in [-0.4, -0.2) is 24.2 Å². The molecule has 2 aromatic rings. The van der Waals surface area contributed by atoms with Crippen LogP contribution < -0.4 is 4.72 Å². The van der Waals surface area contributed by atoms with E-state index < -0.39 is 10.0 Å². The van der Waals surface area contributed by atoms with Gasteiger partial charge in [0.15, 0.2) is 0 Å². The van der Waals surface area contributed by atoms with Gasteiger partial charge in [0.1, 0.15) is 10.9 Å². The lowest BCUT2D eigenvalue weighted by molar-refractivity contribution is 0.582. The molecule has 1 N–H and O–H groups in total. The summed E-state index contributed by atoms with van der Waals surface area (Å²) in [6.45, 7) is 4.31. The normalized spacial score (nSPS) is 12.1. The zero-order chi connectivity index (χ0) is 17.2. The summed E-state index contributed by atoms with van der Waals surface area (Å²) >= 11 is 7.62. The molecule has 0 unspecified atom stereocenters. The van der Waals surface area contributed by atoms with Gasteiger partial charge >= 0.3 is 0 Å². The van der Waals surface area contributed by atoms with Crippen LogP contribution in [0.15, 0.2) is 34.2 Å². The molecular weight excluding hydrogens is 354 g/mol. The number of aromatic nitrogens is 2. The van der Waals surface area contributed by atoms with E-state index in [-0.39, 0.29) is 12.5 Å². The van der Waals surface area contributed by atoms with Crippen molar-refractivity contribution in [3.05, 3.63) is 40.8 Å². The Morgan fingerprint density at radius 2 is 2.09 bits per heavy atom. The topological polar surface area (TPSA) is 64.0 Å². The monoisotopic (exact) mass is 373 g/mol. The van der Waals surface area contributed by atoms with Crippen LogP contribution in [0.25, 0.3) is 0 Å². The number of imidazole rings is 1. The number of benzene rings is 1. The van der Waals surface area contributed by atoms with E-state index in [9.17, 15) is 8.42 Å². The second-order valence-corrected chi connectivity index (χ2v) is 8.92. The molecule has 0 spiro atoms. The summed E-state index contributed by atoms with van der Waals surface area (Å²) in [5.41, 5.74) is 0.947. The number of halogens is 1. The van der Waals surface area contributed by atoms with Crippen LogP contribution in [0.1, 0.15) is 31.3 Å². The SMILES string of the molecule is CC(C)c1nc(CNS(C)(=O)=O)n(C)c1Sc1cccc(Cl)c1. The Kier molecular flexibility index (Phi) is 5.78. The van der Waals surface area contributed by atoms with Gasteiger partial charge in [-0.1, -0.05) is 43.3 Å². The van der Waals surface area contributed by atoms with Gasteiger partial charge in [-0.2, -0.15) is 0 Å². The summed E-state index contributed by atoms with van der Waals surface area (Å²) in [5, 5.41) is 1.68. The number of hydrogen-bond acceptors (Lipinski definition) is 4. The van der Waals surface area contributed by atoms with E-state index in [1.165, 1.54) is 0 Å². The molecule has 0 aliphatic carbocycles. The van der Waals surface area contributed by atoms with Crippen molar-refractivity contribution in [3.63, 3.8) is 0 Å². The standard InChI is InChI=1S/C15H20ClN3O2S2/c1-10(2)14-15(22-12-7-5-6-11(16)8-12)19(3)13(18-14)9-17-23(4,20)21/h5-8,10,17H,9H2,1-4H3. The zero-order valence-corrected chi connectivity index (χ0v) is 15.9. The van der Waals surface area contributed by atoms with Gasteiger partial charge in [-0.25, -0.2) is 18.1 Å². The average molecular weight is 374 g/mol. The van der Waals surface area contributed by atoms with Crippen molar-refractivity contribution in [2.45, 2.75) is 36.2 Å². The van der Waals surface area contributed by atoms with Crippen LogP contribution in [0, 0.1) is 0 Å². The van der Waals surface area contributed by atoms with Gasteiger partial charge in [0.05, 0.1) is 18.5 Å². The molecule has 0 aliphatic rings. The van der Waals surface area contributed by atoms with E-state index in [1.807, 2.05) is 35.9 Å². The molecule has 0 saturated carbocycles. The average Bonchev–Trinajstić information content (AvgIpc) is 2.73. The number of sulfonamides is 1. The number of hydrogen-bond donors (Lipinski definition) is 1. The second-order valence-electron chi connectivity index (χ2n) is 5.58. The molecule has 1 aromatic carbocycles. The van der Waals surface area contributed by atoms with Crippen molar-refractivity contribution in [3.8, 4) is 0 Å². The molecule has 8 heteroatoms. The molecule has 5 nitrogen and oxygen atoms in total. The third kappa shape index (κ3) is 4.97. The maximum absolute atomic E-state index is 11.3. The fourth-order valence-corrected chi connectivity index (χ4v) is 3.87. The summed E-state index contributed by atoms with van der Waals surface area (Å²) in [5.74, 6) is 0.915. The molecular formula is C15H20ClN3O2S2. The van der Waals surface area contributed by atoms with Gasteiger partial charge in [-0.05, 0) is 24.1 Å². The first-order valence-electron chi connectivity index (χ1n) is 7.11. The minimum Gasteiger partial charge on any atom is -0.325 e. The van der Waals surface area contributed by atoms with Crippen LogP contribution in [-0.2, 0) is 23.6 Å². The first kappa shape index (κ1) is 18.3. The highest BCUT2D eigenvalue weighted by Crippen LogP contribution is 2.35. The van der Waals surface area contributed by atoms with Crippen LogP contribution >= 0.6 is 23.4 Å². The quantitative estimate of drug-likeness (QED) is 0.842. The van der Waals surface area contributed by atoms with Crippen molar-refractivity contribution in [2.75, 3.05) is 6.26 Å². The Bertz CT molecular complexity index is 801. The Labute approximate surface area is 146 Å². The second kappa shape index (κ2) is 7.25. The maximum Gasteiger partial charge on any atom is 0.209 e. The number of nitrogens with zero attached hydrogens (tertiary/aromatic N) is 2. The van der Waals surface area contributed by atoms with E-state index in [4.69, 9.17) is 11.6 Å². The molecule has 2 rings (SSSR count). The maximum atomic E-state index is 11.3. The lowest BCUT2D eigenvalue weighted by atomic mass is 10.2. The molecule has 0 radical (unpaired) electrons. The lowest BCUT2D eigenvalue weighted by Crippen LogP contribution is -2.23. The summed E-state index contributed by atoms with van der Waals surface area (Å²) in [4.78, 5) is 5.63. The molecule has 1 heterocycles. The Balaban J connectivity index is 2.35.